The van der Waals surface area contributed by atoms with Crippen molar-refractivity contribution in [1.29, 1.82) is 0 Å². The summed E-state index contributed by atoms with van der Waals surface area (Å²) in [6.45, 7) is 0.675. The van der Waals surface area contributed by atoms with E-state index in [1.54, 1.807) is 60.7 Å². The van der Waals surface area contributed by atoms with Crippen LogP contribution in [-0.4, -0.2) is 30.1 Å². The first-order valence-electron chi connectivity index (χ1n) is 12.2. The SMILES string of the molecule is O=C(C=Cc1ccc(C(=O)c2ccc(OCCCCO)cc2)cc1)Oc1ccccc1-c1ccccc1. The Kier molecular flexibility index (Phi) is 9.00. The quantitative estimate of drug-likeness (QED) is 0.0868. The Morgan fingerprint density at radius 3 is 2.08 bits per heavy atom. The van der Waals surface area contributed by atoms with Gasteiger partial charge in [0.1, 0.15) is 11.5 Å². The summed E-state index contributed by atoms with van der Waals surface area (Å²) < 4.78 is 11.2. The molecule has 0 fully saturated rings. The van der Waals surface area contributed by atoms with Gasteiger partial charge in [-0.2, -0.15) is 0 Å². The molecular formula is C32H28O5. The molecule has 37 heavy (non-hydrogen) atoms. The number of ether oxygens (including phenoxy) is 2. The van der Waals surface area contributed by atoms with Crippen LogP contribution in [0.5, 0.6) is 11.5 Å². The van der Waals surface area contributed by atoms with Crippen molar-refractivity contribution in [3.63, 3.8) is 0 Å². The van der Waals surface area contributed by atoms with Crippen molar-refractivity contribution in [2.45, 2.75) is 12.8 Å². The molecule has 0 saturated carbocycles. The van der Waals surface area contributed by atoms with E-state index in [2.05, 4.69) is 0 Å². The van der Waals surface area contributed by atoms with Crippen molar-refractivity contribution in [3.8, 4) is 22.6 Å². The lowest BCUT2D eigenvalue weighted by Gasteiger charge is -2.09. The summed E-state index contributed by atoms with van der Waals surface area (Å²) in [5.74, 6) is 0.598. The maximum atomic E-state index is 12.8. The van der Waals surface area contributed by atoms with Gasteiger partial charge in [-0.1, -0.05) is 72.8 Å². The summed E-state index contributed by atoms with van der Waals surface area (Å²) in [5, 5.41) is 8.82. The predicted molar refractivity (Wildman–Crippen MR) is 145 cm³/mol. The molecule has 1 N–H and O–H groups in total. The number of esters is 1. The van der Waals surface area contributed by atoms with E-state index in [9.17, 15) is 9.59 Å². The van der Waals surface area contributed by atoms with Gasteiger partial charge in [-0.25, -0.2) is 4.79 Å². The van der Waals surface area contributed by atoms with Crippen LogP contribution in [0, 0.1) is 0 Å². The summed E-state index contributed by atoms with van der Waals surface area (Å²) in [5.41, 5.74) is 3.70. The standard InChI is InChI=1S/C32H28O5/c33-22-6-7-23-36-28-19-17-27(18-20-28)32(35)26-15-12-24(13-16-26)14-21-31(34)37-30-11-5-4-10-29(30)25-8-2-1-3-9-25/h1-5,8-21,33H,6-7,22-23H2. The van der Waals surface area contributed by atoms with Crippen LogP contribution in [0.4, 0.5) is 0 Å². The Labute approximate surface area is 216 Å². The van der Waals surface area contributed by atoms with Gasteiger partial charge in [-0.05, 0) is 60.4 Å². The molecule has 4 aromatic carbocycles. The number of hydrogen-bond donors (Lipinski definition) is 1. The molecule has 0 aliphatic rings. The average molecular weight is 493 g/mol. The van der Waals surface area contributed by atoms with Crippen LogP contribution < -0.4 is 9.47 Å². The first-order valence-corrected chi connectivity index (χ1v) is 12.2. The molecule has 0 amide bonds. The van der Waals surface area contributed by atoms with E-state index < -0.39 is 5.97 Å². The van der Waals surface area contributed by atoms with E-state index in [1.807, 2.05) is 48.5 Å². The van der Waals surface area contributed by atoms with Gasteiger partial charge >= 0.3 is 5.97 Å². The zero-order valence-corrected chi connectivity index (χ0v) is 20.4. The fourth-order valence-electron chi connectivity index (χ4n) is 3.74. The highest BCUT2D eigenvalue weighted by Crippen LogP contribution is 2.29. The highest BCUT2D eigenvalue weighted by Gasteiger charge is 2.10. The topological polar surface area (TPSA) is 72.8 Å². The van der Waals surface area contributed by atoms with Crippen molar-refractivity contribution in [2.75, 3.05) is 13.2 Å². The number of carbonyl (C=O) groups excluding carboxylic acids is 2. The normalized spacial score (nSPS) is 10.8. The molecule has 0 saturated heterocycles. The second-order valence-corrected chi connectivity index (χ2v) is 8.37. The minimum atomic E-state index is -0.484. The van der Waals surface area contributed by atoms with Crippen molar-refractivity contribution in [3.05, 3.63) is 126 Å². The monoisotopic (exact) mass is 492 g/mol. The number of aliphatic hydroxyl groups excluding tert-OH is 1. The number of hydrogen-bond acceptors (Lipinski definition) is 5. The third kappa shape index (κ3) is 7.26. The van der Waals surface area contributed by atoms with Crippen LogP contribution in [-0.2, 0) is 4.79 Å². The first kappa shape index (κ1) is 25.6. The van der Waals surface area contributed by atoms with Gasteiger partial charge in [0.2, 0.25) is 0 Å². The molecule has 0 spiro atoms. The maximum Gasteiger partial charge on any atom is 0.336 e. The van der Waals surface area contributed by atoms with Crippen LogP contribution in [0.25, 0.3) is 17.2 Å². The molecule has 186 valence electrons. The lowest BCUT2D eigenvalue weighted by atomic mass is 10.0. The largest absolute Gasteiger partial charge is 0.494 e. The van der Waals surface area contributed by atoms with Gasteiger partial charge in [0.15, 0.2) is 5.78 Å². The molecule has 4 rings (SSSR count). The predicted octanol–water partition coefficient (Wildman–Crippen LogP) is 6.35. The molecule has 0 aliphatic carbocycles. The van der Waals surface area contributed by atoms with Crippen LogP contribution in [0.15, 0.2) is 109 Å². The zero-order chi connectivity index (χ0) is 25.9. The molecular weight excluding hydrogens is 464 g/mol. The molecule has 0 bridgehead atoms. The number of para-hydroxylation sites is 1. The number of benzene rings is 4. The van der Waals surface area contributed by atoms with E-state index >= 15 is 0 Å². The van der Waals surface area contributed by atoms with Crippen LogP contribution >= 0.6 is 0 Å². The summed E-state index contributed by atoms with van der Waals surface area (Å²) in [6, 6.07) is 31.2. The number of unbranched alkanes of at least 4 members (excludes halogenated alkanes) is 1. The molecule has 4 aromatic rings. The highest BCUT2D eigenvalue weighted by atomic mass is 16.5. The molecule has 5 nitrogen and oxygen atoms in total. The molecule has 0 radical (unpaired) electrons. The van der Waals surface area contributed by atoms with E-state index in [1.165, 1.54) is 6.08 Å². The molecule has 0 aliphatic heterocycles. The van der Waals surface area contributed by atoms with Gasteiger partial charge in [-0.3, -0.25) is 4.79 Å². The number of aliphatic hydroxyl groups is 1. The van der Waals surface area contributed by atoms with E-state index in [4.69, 9.17) is 14.6 Å². The van der Waals surface area contributed by atoms with Crippen LogP contribution in [0.1, 0.15) is 34.3 Å². The van der Waals surface area contributed by atoms with Gasteiger partial charge in [0.25, 0.3) is 0 Å². The second-order valence-electron chi connectivity index (χ2n) is 8.37. The lowest BCUT2D eigenvalue weighted by Crippen LogP contribution is -2.04. The first-order chi connectivity index (χ1) is 18.1. The average Bonchev–Trinajstić information content (AvgIpc) is 2.95. The Morgan fingerprint density at radius 2 is 1.38 bits per heavy atom. The summed E-state index contributed by atoms with van der Waals surface area (Å²) >= 11 is 0. The Balaban J connectivity index is 1.35. The van der Waals surface area contributed by atoms with Gasteiger partial charge in [0.05, 0.1) is 6.61 Å². The van der Waals surface area contributed by atoms with E-state index in [0.29, 0.717) is 35.7 Å². The minimum Gasteiger partial charge on any atom is -0.494 e. The maximum absolute atomic E-state index is 12.8. The van der Waals surface area contributed by atoms with Crippen molar-refractivity contribution < 1.29 is 24.2 Å². The fourth-order valence-corrected chi connectivity index (χ4v) is 3.74. The van der Waals surface area contributed by atoms with E-state index in [-0.39, 0.29) is 12.4 Å². The second kappa shape index (κ2) is 13.0. The number of ketones is 1. The van der Waals surface area contributed by atoms with Crippen molar-refractivity contribution in [1.82, 2.24) is 0 Å². The van der Waals surface area contributed by atoms with Crippen molar-refractivity contribution in [2.24, 2.45) is 0 Å². The summed E-state index contributed by atoms with van der Waals surface area (Å²) in [4.78, 5) is 25.3. The summed E-state index contributed by atoms with van der Waals surface area (Å²) in [7, 11) is 0. The third-order valence-electron chi connectivity index (χ3n) is 5.70. The molecule has 0 aromatic heterocycles. The fraction of sp³-hybridized carbons (Fsp3) is 0.125. The van der Waals surface area contributed by atoms with Crippen LogP contribution in [0.3, 0.4) is 0 Å². The van der Waals surface area contributed by atoms with Gasteiger partial charge in [0, 0.05) is 29.4 Å². The lowest BCUT2D eigenvalue weighted by molar-refractivity contribution is -0.128. The van der Waals surface area contributed by atoms with E-state index in [0.717, 1.165) is 23.1 Å². The van der Waals surface area contributed by atoms with Gasteiger partial charge < -0.3 is 14.6 Å². The zero-order valence-electron chi connectivity index (χ0n) is 20.4. The molecule has 0 atom stereocenters. The Morgan fingerprint density at radius 1 is 0.730 bits per heavy atom. The smallest absolute Gasteiger partial charge is 0.336 e. The Bertz CT molecular complexity index is 1340. The minimum absolute atomic E-state index is 0.0979. The van der Waals surface area contributed by atoms with Gasteiger partial charge in [-0.15, -0.1) is 0 Å². The number of carbonyl (C=O) groups is 2. The molecule has 5 heteroatoms. The number of rotatable bonds is 11. The molecule has 0 heterocycles. The molecule has 0 unspecified atom stereocenters. The Hall–Kier alpha value is -4.48. The highest BCUT2D eigenvalue weighted by molar-refractivity contribution is 6.09. The third-order valence-corrected chi connectivity index (χ3v) is 5.70. The summed E-state index contributed by atoms with van der Waals surface area (Å²) in [6.07, 6.45) is 4.50. The van der Waals surface area contributed by atoms with Crippen LogP contribution in [0.2, 0.25) is 0 Å². The van der Waals surface area contributed by atoms with Crippen molar-refractivity contribution >= 4 is 17.8 Å².